The number of carbonyl (C=O) groups excluding carboxylic acids is 1. The molecule has 4 nitrogen and oxygen atoms in total. The smallest absolute Gasteiger partial charge is 0.338 e. The average Bonchev–Trinajstić information content (AvgIpc) is 2.15. The quantitative estimate of drug-likeness (QED) is 0.584. The Hall–Kier alpha value is -1.62. The lowest BCUT2D eigenvalue weighted by Crippen LogP contribution is -2.37. The molecule has 1 fully saturated rings. The number of rotatable bonds is 2. The summed E-state index contributed by atoms with van der Waals surface area (Å²) in [7, 11) is 0. The monoisotopic (exact) mass is 211 g/mol. The predicted molar refractivity (Wildman–Crippen MR) is 50.8 cm³/mol. The third-order valence-electron chi connectivity index (χ3n) is 2.11. The van der Waals surface area contributed by atoms with Crippen LogP contribution in [0, 0.1) is 5.82 Å². The summed E-state index contributed by atoms with van der Waals surface area (Å²) < 4.78 is 22.7. The average molecular weight is 211 g/mol. The first kappa shape index (κ1) is 9.92. The minimum absolute atomic E-state index is 0.0608. The number of nitrogens with two attached hydrogens (primary N) is 1. The largest absolute Gasteiger partial charge is 0.454 e. The van der Waals surface area contributed by atoms with Gasteiger partial charge in [0.2, 0.25) is 0 Å². The van der Waals surface area contributed by atoms with Gasteiger partial charge >= 0.3 is 5.97 Å². The Morgan fingerprint density at radius 2 is 2.27 bits per heavy atom. The highest BCUT2D eigenvalue weighted by molar-refractivity contribution is 5.90. The van der Waals surface area contributed by atoms with Gasteiger partial charge in [0, 0.05) is 0 Å². The van der Waals surface area contributed by atoms with E-state index in [-0.39, 0.29) is 17.4 Å². The van der Waals surface area contributed by atoms with Gasteiger partial charge in [-0.15, -0.1) is 0 Å². The van der Waals surface area contributed by atoms with Gasteiger partial charge in [-0.05, 0) is 18.2 Å². The van der Waals surface area contributed by atoms with Gasteiger partial charge in [-0.1, -0.05) is 0 Å². The van der Waals surface area contributed by atoms with Crippen LogP contribution >= 0.6 is 0 Å². The summed E-state index contributed by atoms with van der Waals surface area (Å²) in [6, 6.07) is 3.74. The van der Waals surface area contributed by atoms with Crippen molar-refractivity contribution in [1.82, 2.24) is 0 Å². The number of hydrogen-bond acceptors (Lipinski definition) is 4. The van der Waals surface area contributed by atoms with Crippen LogP contribution in [-0.4, -0.2) is 25.3 Å². The molecule has 5 heteroatoms. The predicted octanol–water partition coefficient (Wildman–Crippen LogP) is 0.963. The molecule has 2 rings (SSSR count). The zero-order chi connectivity index (χ0) is 10.8. The van der Waals surface area contributed by atoms with Gasteiger partial charge in [-0.2, -0.15) is 0 Å². The molecule has 1 aliphatic heterocycles. The summed E-state index contributed by atoms with van der Waals surface area (Å²) in [6.45, 7) is 0.838. The van der Waals surface area contributed by atoms with Crippen molar-refractivity contribution in [2.24, 2.45) is 0 Å². The Bertz CT molecular complexity index is 390. The SMILES string of the molecule is Nc1cc(C(=O)OC2COC2)ccc1F. The topological polar surface area (TPSA) is 61.6 Å². The Labute approximate surface area is 85.8 Å². The lowest BCUT2D eigenvalue weighted by Gasteiger charge is -2.25. The van der Waals surface area contributed by atoms with Gasteiger partial charge in [0.25, 0.3) is 0 Å². The van der Waals surface area contributed by atoms with E-state index in [0.29, 0.717) is 13.2 Å². The molecule has 80 valence electrons. The van der Waals surface area contributed by atoms with Crippen molar-refractivity contribution in [2.45, 2.75) is 6.10 Å². The highest BCUT2D eigenvalue weighted by Gasteiger charge is 2.23. The second-order valence-electron chi connectivity index (χ2n) is 3.30. The zero-order valence-electron chi connectivity index (χ0n) is 7.90. The van der Waals surface area contributed by atoms with Crippen LogP contribution in [-0.2, 0) is 9.47 Å². The number of carbonyl (C=O) groups is 1. The Morgan fingerprint density at radius 1 is 1.53 bits per heavy atom. The molecular weight excluding hydrogens is 201 g/mol. The summed E-state index contributed by atoms with van der Waals surface area (Å²) in [4.78, 5) is 11.5. The van der Waals surface area contributed by atoms with Crippen molar-refractivity contribution in [1.29, 1.82) is 0 Å². The molecule has 2 N–H and O–H groups in total. The van der Waals surface area contributed by atoms with Gasteiger partial charge in [-0.3, -0.25) is 0 Å². The van der Waals surface area contributed by atoms with Crippen LogP contribution in [0.2, 0.25) is 0 Å². The van der Waals surface area contributed by atoms with Crippen LogP contribution in [0.3, 0.4) is 0 Å². The summed E-state index contributed by atoms with van der Waals surface area (Å²) in [5.41, 5.74) is 5.52. The van der Waals surface area contributed by atoms with Gasteiger partial charge < -0.3 is 15.2 Å². The molecule has 1 aromatic carbocycles. The van der Waals surface area contributed by atoms with Gasteiger partial charge in [0.05, 0.1) is 24.5 Å². The van der Waals surface area contributed by atoms with Crippen molar-refractivity contribution in [3.8, 4) is 0 Å². The van der Waals surface area contributed by atoms with E-state index >= 15 is 0 Å². The number of nitrogen functional groups attached to an aromatic ring is 1. The molecule has 0 amide bonds. The summed E-state index contributed by atoms with van der Waals surface area (Å²) in [5.74, 6) is -1.05. The minimum atomic E-state index is -0.543. The molecule has 0 spiro atoms. The second-order valence-corrected chi connectivity index (χ2v) is 3.30. The lowest BCUT2D eigenvalue weighted by atomic mass is 10.2. The molecule has 0 atom stereocenters. The van der Waals surface area contributed by atoms with Crippen molar-refractivity contribution in [3.63, 3.8) is 0 Å². The van der Waals surface area contributed by atoms with Crippen LogP contribution in [0.15, 0.2) is 18.2 Å². The number of esters is 1. The number of anilines is 1. The van der Waals surface area contributed by atoms with E-state index in [2.05, 4.69) is 0 Å². The van der Waals surface area contributed by atoms with Crippen molar-refractivity contribution < 1.29 is 18.7 Å². The molecule has 1 aliphatic rings. The Kier molecular flexibility index (Phi) is 2.55. The third kappa shape index (κ3) is 2.07. The van der Waals surface area contributed by atoms with Crippen molar-refractivity contribution >= 4 is 11.7 Å². The van der Waals surface area contributed by atoms with Gasteiger partial charge in [0.15, 0.2) is 0 Å². The molecule has 0 radical (unpaired) electrons. The van der Waals surface area contributed by atoms with Crippen molar-refractivity contribution in [2.75, 3.05) is 18.9 Å². The molecule has 1 heterocycles. The van der Waals surface area contributed by atoms with E-state index in [9.17, 15) is 9.18 Å². The maximum absolute atomic E-state index is 12.8. The van der Waals surface area contributed by atoms with Crippen LogP contribution < -0.4 is 5.73 Å². The highest BCUT2D eigenvalue weighted by Crippen LogP contribution is 2.15. The van der Waals surface area contributed by atoms with E-state index in [0.717, 1.165) is 6.07 Å². The molecule has 0 aromatic heterocycles. The fourth-order valence-corrected chi connectivity index (χ4v) is 1.17. The van der Waals surface area contributed by atoms with Crippen molar-refractivity contribution in [3.05, 3.63) is 29.6 Å². The summed E-state index contributed by atoms with van der Waals surface area (Å²) in [5, 5.41) is 0. The first-order valence-electron chi connectivity index (χ1n) is 4.50. The fourth-order valence-electron chi connectivity index (χ4n) is 1.17. The first-order valence-corrected chi connectivity index (χ1v) is 4.50. The van der Waals surface area contributed by atoms with Crippen LogP contribution in [0.1, 0.15) is 10.4 Å². The molecular formula is C10H10FNO3. The maximum atomic E-state index is 12.8. The van der Waals surface area contributed by atoms with E-state index in [1.807, 2.05) is 0 Å². The van der Waals surface area contributed by atoms with E-state index in [1.165, 1.54) is 12.1 Å². The third-order valence-corrected chi connectivity index (χ3v) is 2.11. The molecule has 1 aromatic rings. The van der Waals surface area contributed by atoms with E-state index < -0.39 is 11.8 Å². The van der Waals surface area contributed by atoms with E-state index in [4.69, 9.17) is 15.2 Å². The zero-order valence-corrected chi connectivity index (χ0v) is 7.90. The molecule has 0 aliphatic carbocycles. The molecule has 0 saturated carbocycles. The minimum Gasteiger partial charge on any atom is -0.454 e. The standard InChI is InChI=1S/C10H10FNO3/c11-8-2-1-6(3-9(8)12)10(13)15-7-4-14-5-7/h1-3,7H,4-5,12H2. The maximum Gasteiger partial charge on any atom is 0.338 e. The number of halogens is 1. The highest BCUT2D eigenvalue weighted by atomic mass is 19.1. The van der Waals surface area contributed by atoms with E-state index in [1.54, 1.807) is 0 Å². The van der Waals surface area contributed by atoms with Crippen LogP contribution in [0.25, 0.3) is 0 Å². The fraction of sp³-hybridized carbons (Fsp3) is 0.300. The van der Waals surface area contributed by atoms with Crippen LogP contribution in [0.5, 0.6) is 0 Å². The van der Waals surface area contributed by atoms with Gasteiger partial charge in [-0.25, -0.2) is 9.18 Å². The van der Waals surface area contributed by atoms with Gasteiger partial charge in [0.1, 0.15) is 11.9 Å². The van der Waals surface area contributed by atoms with Crippen LogP contribution in [0.4, 0.5) is 10.1 Å². The molecule has 0 bridgehead atoms. The normalized spacial score (nSPS) is 15.8. The Morgan fingerprint density at radius 3 is 2.80 bits per heavy atom. The number of ether oxygens (including phenoxy) is 2. The molecule has 15 heavy (non-hydrogen) atoms. The lowest BCUT2D eigenvalue weighted by molar-refractivity contribution is -0.103. The summed E-state index contributed by atoms with van der Waals surface area (Å²) >= 11 is 0. The first-order chi connectivity index (χ1) is 7.16. The Balaban J connectivity index is 2.07. The second kappa shape index (κ2) is 3.86. The molecule has 1 saturated heterocycles. The number of benzene rings is 1. The molecule has 0 unspecified atom stereocenters. The summed E-state index contributed by atoms with van der Waals surface area (Å²) in [6.07, 6.45) is -0.191. The number of hydrogen-bond donors (Lipinski definition) is 1.